The van der Waals surface area contributed by atoms with Crippen molar-refractivity contribution in [1.82, 2.24) is 26.2 Å². The van der Waals surface area contributed by atoms with Crippen molar-refractivity contribution in [2.75, 3.05) is 66.0 Å². The van der Waals surface area contributed by atoms with Crippen molar-refractivity contribution in [3.05, 3.63) is 0 Å². The molecule has 0 aromatic heterocycles. The molecule has 0 heterocycles. The Balaban J connectivity index is 3.54. The van der Waals surface area contributed by atoms with E-state index in [1.54, 1.807) is 7.05 Å². The maximum absolute atomic E-state index is 11.3. The van der Waals surface area contributed by atoms with Gasteiger partial charge in [0.1, 0.15) is 0 Å². The second-order valence-corrected chi connectivity index (χ2v) is 5.26. The second-order valence-electron chi connectivity index (χ2n) is 5.26. The average molecular weight is 330 g/mol. The predicted octanol–water partition coefficient (Wildman–Crippen LogP) is -1.91. The van der Waals surface area contributed by atoms with E-state index in [2.05, 4.69) is 26.2 Å². The van der Waals surface area contributed by atoms with Crippen molar-refractivity contribution in [1.29, 1.82) is 0 Å². The van der Waals surface area contributed by atoms with Gasteiger partial charge in [-0.15, -0.1) is 0 Å². The van der Waals surface area contributed by atoms with E-state index in [1.807, 2.05) is 6.92 Å². The normalized spacial score (nSPS) is 10.8. The Morgan fingerprint density at radius 3 is 2.22 bits per heavy atom. The largest absolute Gasteiger partial charge is 0.359 e. The first-order valence-electron chi connectivity index (χ1n) is 8.45. The fourth-order valence-electron chi connectivity index (χ4n) is 2.05. The highest BCUT2D eigenvalue weighted by Crippen LogP contribution is 1.90. The molecule has 0 saturated carbocycles. The minimum Gasteiger partial charge on any atom is -0.359 e. The summed E-state index contributed by atoms with van der Waals surface area (Å²) in [7, 11) is 1.65. The molecular weight excluding hydrogens is 296 g/mol. The second kappa shape index (κ2) is 15.7. The Labute approximate surface area is 139 Å². The van der Waals surface area contributed by atoms with Crippen LogP contribution in [0.15, 0.2) is 0 Å². The molecule has 0 rings (SSSR count). The predicted molar refractivity (Wildman–Crippen MR) is 93.2 cm³/mol. The van der Waals surface area contributed by atoms with Crippen molar-refractivity contribution < 1.29 is 9.59 Å². The van der Waals surface area contributed by atoms with E-state index < -0.39 is 0 Å². The molecule has 0 bridgehead atoms. The third kappa shape index (κ3) is 14.1. The minimum absolute atomic E-state index is 0.0521. The van der Waals surface area contributed by atoms with E-state index >= 15 is 0 Å². The first-order valence-corrected chi connectivity index (χ1v) is 8.45. The average Bonchev–Trinajstić information content (AvgIpc) is 2.54. The quantitative estimate of drug-likeness (QED) is 0.224. The summed E-state index contributed by atoms with van der Waals surface area (Å²) >= 11 is 0. The molecule has 0 aromatic rings. The monoisotopic (exact) mass is 330 g/mol. The molecule has 0 saturated heterocycles. The highest BCUT2D eigenvalue weighted by Gasteiger charge is 2.06. The van der Waals surface area contributed by atoms with Crippen LogP contribution < -0.4 is 27.0 Å². The van der Waals surface area contributed by atoms with Crippen LogP contribution in [0.3, 0.4) is 0 Å². The maximum Gasteiger partial charge on any atom is 0.221 e. The van der Waals surface area contributed by atoms with E-state index in [-0.39, 0.29) is 11.8 Å². The van der Waals surface area contributed by atoms with Gasteiger partial charge in [-0.05, 0) is 6.92 Å². The van der Waals surface area contributed by atoms with Crippen LogP contribution in [0, 0.1) is 0 Å². The lowest BCUT2D eigenvalue weighted by Gasteiger charge is -2.21. The fraction of sp³-hybridized carbons (Fsp3) is 0.867. The standard InChI is InChI=1S/C15H34N6O2/c1-3-20-15(23)4-7-18-8-9-19-10-13-21(12-6-16)11-5-14(22)17-2/h18-19H,3-13,16H2,1-2H3,(H,17,22)(H,20,23). The lowest BCUT2D eigenvalue weighted by Crippen LogP contribution is -2.39. The van der Waals surface area contributed by atoms with Crippen molar-refractivity contribution >= 4 is 11.8 Å². The summed E-state index contributed by atoms with van der Waals surface area (Å²) in [6.45, 7) is 8.80. The summed E-state index contributed by atoms with van der Waals surface area (Å²) in [5, 5.41) is 12.0. The van der Waals surface area contributed by atoms with Crippen molar-refractivity contribution in [3.8, 4) is 0 Å². The van der Waals surface area contributed by atoms with Crippen LogP contribution >= 0.6 is 0 Å². The van der Waals surface area contributed by atoms with Crippen molar-refractivity contribution in [2.24, 2.45) is 5.73 Å². The first kappa shape index (κ1) is 21.8. The van der Waals surface area contributed by atoms with Crippen LogP contribution in [0.25, 0.3) is 0 Å². The molecule has 6 N–H and O–H groups in total. The van der Waals surface area contributed by atoms with Gasteiger partial charge in [0, 0.05) is 78.8 Å². The van der Waals surface area contributed by atoms with Gasteiger partial charge in [-0.2, -0.15) is 0 Å². The van der Waals surface area contributed by atoms with Gasteiger partial charge in [-0.3, -0.25) is 9.59 Å². The molecule has 0 fully saturated rings. The number of rotatable bonds is 15. The highest BCUT2D eigenvalue weighted by molar-refractivity contribution is 5.76. The Bertz CT molecular complexity index is 314. The van der Waals surface area contributed by atoms with Crippen molar-refractivity contribution in [2.45, 2.75) is 19.8 Å². The Kier molecular flexibility index (Phi) is 14.8. The molecule has 0 spiro atoms. The van der Waals surface area contributed by atoms with E-state index in [4.69, 9.17) is 5.73 Å². The smallest absolute Gasteiger partial charge is 0.221 e. The van der Waals surface area contributed by atoms with Crippen LogP contribution in [0.2, 0.25) is 0 Å². The van der Waals surface area contributed by atoms with Crippen LogP contribution in [-0.2, 0) is 9.59 Å². The van der Waals surface area contributed by atoms with Gasteiger partial charge < -0.3 is 31.9 Å². The molecule has 0 radical (unpaired) electrons. The lowest BCUT2D eigenvalue weighted by atomic mass is 10.3. The molecule has 8 nitrogen and oxygen atoms in total. The van der Waals surface area contributed by atoms with Crippen LogP contribution in [-0.4, -0.2) is 82.7 Å². The minimum atomic E-state index is 0.0521. The number of amides is 2. The zero-order chi connectivity index (χ0) is 17.3. The Hall–Kier alpha value is -1.22. The Morgan fingerprint density at radius 2 is 1.61 bits per heavy atom. The first-order chi connectivity index (χ1) is 11.1. The third-order valence-electron chi connectivity index (χ3n) is 3.37. The number of hydrogen-bond donors (Lipinski definition) is 5. The van der Waals surface area contributed by atoms with Crippen LogP contribution in [0.5, 0.6) is 0 Å². The number of nitrogens with two attached hydrogens (primary N) is 1. The molecule has 136 valence electrons. The number of carbonyl (C=O) groups is 2. The molecule has 0 aliphatic rings. The maximum atomic E-state index is 11.3. The number of nitrogens with one attached hydrogen (secondary N) is 4. The summed E-state index contributed by atoms with van der Waals surface area (Å²) in [4.78, 5) is 24.7. The number of carbonyl (C=O) groups excluding carboxylic acids is 2. The van der Waals surface area contributed by atoms with Gasteiger partial charge in [0.15, 0.2) is 0 Å². The van der Waals surface area contributed by atoms with E-state index in [0.29, 0.717) is 32.5 Å². The van der Waals surface area contributed by atoms with E-state index in [1.165, 1.54) is 0 Å². The molecule has 0 atom stereocenters. The van der Waals surface area contributed by atoms with Crippen LogP contribution in [0.4, 0.5) is 0 Å². The van der Waals surface area contributed by atoms with Gasteiger partial charge >= 0.3 is 0 Å². The Morgan fingerprint density at radius 1 is 0.913 bits per heavy atom. The van der Waals surface area contributed by atoms with Gasteiger partial charge in [0.25, 0.3) is 0 Å². The summed E-state index contributed by atoms with van der Waals surface area (Å²) in [5.41, 5.74) is 5.59. The van der Waals surface area contributed by atoms with Gasteiger partial charge in [-0.1, -0.05) is 0 Å². The molecule has 0 aliphatic heterocycles. The zero-order valence-electron chi connectivity index (χ0n) is 14.6. The molecule has 0 unspecified atom stereocenters. The molecule has 23 heavy (non-hydrogen) atoms. The fourth-order valence-corrected chi connectivity index (χ4v) is 2.05. The molecule has 0 aromatic carbocycles. The lowest BCUT2D eigenvalue weighted by molar-refractivity contribution is -0.121. The summed E-state index contributed by atoms with van der Waals surface area (Å²) in [6, 6.07) is 0. The molecule has 2 amide bonds. The molecule has 0 aliphatic carbocycles. The zero-order valence-corrected chi connectivity index (χ0v) is 14.6. The van der Waals surface area contributed by atoms with Crippen LogP contribution in [0.1, 0.15) is 19.8 Å². The van der Waals surface area contributed by atoms with E-state index in [9.17, 15) is 9.59 Å². The van der Waals surface area contributed by atoms with E-state index in [0.717, 1.165) is 39.3 Å². The summed E-state index contributed by atoms with van der Waals surface area (Å²) in [5.74, 6) is 0.137. The van der Waals surface area contributed by atoms with Crippen molar-refractivity contribution in [3.63, 3.8) is 0 Å². The molecule has 8 heteroatoms. The summed E-state index contributed by atoms with van der Waals surface area (Å²) in [6.07, 6.45) is 1.01. The SMILES string of the molecule is CCNC(=O)CCNCCNCCN(CCN)CCC(=O)NC. The van der Waals surface area contributed by atoms with Gasteiger partial charge in [0.05, 0.1) is 0 Å². The topological polar surface area (TPSA) is 112 Å². The van der Waals surface area contributed by atoms with Gasteiger partial charge in [-0.25, -0.2) is 0 Å². The number of nitrogens with zero attached hydrogens (tertiary/aromatic N) is 1. The third-order valence-corrected chi connectivity index (χ3v) is 3.37. The summed E-state index contributed by atoms with van der Waals surface area (Å²) < 4.78 is 0. The molecular formula is C15H34N6O2. The highest BCUT2D eigenvalue weighted by atomic mass is 16.2. The number of hydrogen-bond acceptors (Lipinski definition) is 6. The van der Waals surface area contributed by atoms with Gasteiger partial charge in [0.2, 0.25) is 11.8 Å².